The zero-order chi connectivity index (χ0) is 33.0. The van der Waals surface area contributed by atoms with Crippen molar-refractivity contribution in [2.75, 3.05) is 18.1 Å². The van der Waals surface area contributed by atoms with E-state index in [1.807, 2.05) is 29.1 Å². The van der Waals surface area contributed by atoms with E-state index in [2.05, 4.69) is 25.8 Å². The number of carboxylic acids is 1. The van der Waals surface area contributed by atoms with Crippen LogP contribution >= 0.6 is 23.1 Å². The van der Waals surface area contributed by atoms with Gasteiger partial charge in [0.25, 0.3) is 17.7 Å². The normalized spacial score (nSPS) is 17.7. The molecule has 2 atom stereocenters. The second kappa shape index (κ2) is 13.7. The quantitative estimate of drug-likeness (QED) is 0.0535. The number of nitriles is 1. The number of fused-ring (bicyclic) bond motifs is 1. The molecule has 46 heavy (non-hydrogen) atoms. The summed E-state index contributed by atoms with van der Waals surface area (Å²) in [6.07, 6.45) is 10.4. The fourth-order valence-corrected chi connectivity index (χ4v) is 6.79. The van der Waals surface area contributed by atoms with Crippen LogP contribution in [0.25, 0.3) is 11.1 Å². The summed E-state index contributed by atoms with van der Waals surface area (Å²) in [4.78, 5) is 63.5. The number of nitrogens with one attached hydrogen (secondary N) is 3. The monoisotopic (exact) mass is 661 g/mol. The van der Waals surface area contributed by atoms with Crippen LogP contribution in [0, 0.1) is 18.4 Å². The van der Waals surface area contributed by atoms with Crippen molar-refractivity contribution < 1.29 is 33.7 Å². The summed E-state index contributed by atoms with van der Waals surface area (Å²) >= 11 is 2.42. The number of oxime groups is 1. The number of thiazole rings is 1. The van der Waals surface area contributed by atoms with Crippen LogP contribution in [-0.4, -0.2) is 68.0 Å². The summed E-state index contributed by atoms with van der Waals surface area (Å²) < 4.78 is 1.86. The van der Waals surface area contributed by atoms with Crippen LogP contribution in [0.1, 0.15) is 28.7 Å². The van der Waals surface area contributed by atoms with Gasteiger partial charge in [-0.15, -0.1) is 23.1 Å². The van der Waals surface area contributed by atoms with Crippen LogP contribution in [0.4, 0.5) is 5.13 Å². The third kappa shape index (κ3) is 6.34. The molecule has 2 aliphatic heterocycles. The average molecular weight is 662 g/mol. The highest BCUT2D eigenvalue weighted by atomic mass is 32.2. The van der Waals surface area contributed by atoms with Gasteiger partial charge in [0, 0.05) is 35.0 Å². The lowest BCUT2D eigenvalue weighted by molar-refractivity contribution is -0.686. The molecule has 5 heterocycles. The van der Waals surface area contributed by atoms with Crippen LogP contribution in [0.3, 0.4) is 0 Å². The first-order valence-corrected chi connectivity index (χ1v) is 15.7. The Morgan fingerprint density at radius 2 is 2.13 bits per heavy atom. The van der Waals surface area contributed by atoms with Gasteiger partial charge in [-0.05, 0) is 36.6 Å². The number of rotatable bonds is 11. The van der Waals surface area contributed by atoms with E-state index in [1.165, 1.54) is 11.8 Å². The number of pyridine rings is 1. The van der Waals surface area contributed by atoms with Gasteiger partial charge in [-0.25, -0.2) is 9.55 Å². The maximum Gasteiger partial charge on any atom is 0.280 e. The summed E-state index contributed by atoms with van der Waals surface area (Å²) in [6, 6.07) is 2.74. The minimum atomic E-state index is -1.50. The predicted octanol–water partition coefficient (Wildman–Crippen LogP) is -0.0719. The Morgan fingerprint density at radius 3 is 2.78 bits per heavy atom. The molecule has 2 aliphatic rings. The molecule has 1 fully saturated rings. The third-order valence-electron chi connectivity index (χ3n) is 7.12. The Kier molecular flexibility index (Phi) is 9.49. The number of hydrogen-bond donors (Lipinski definition) is 4. The van der Waals surface area contributed by atoms with Crippen molar-refractivity contribution in [3.8, 4) is 17.3 Å². The zero-order valence-corrected chi connectivity index (χ0v) is 26.1. The molecule has 5 N–H and O–H groups in total. The first-order chi connectivity index (χ1) is 22.1. The van der Waals surface area contributed by atoms with E-state index >= 15 is 0 Å². The van der Waals surface area contributed by atoms with Crippen LogP contribution in [-0.2, 0) is 25.8 Å². The molecule has 3 aromatic rings. The van der Waals surface area contributed by atoms with E-state index in [4.69, 9.17) is 15.8 Å². The number of aromatic nitrogens is 3. The van der Waals surface area contributed by atoms with Crippen molar-refractivity contribution in [3.05, 3.63) is 76.5 Å². The number of allylic oxidation sites excluding steroid dienone is 2. The number of thioether (sulfide) groups is 1. The molecule has 5 rings (SSSR count). The topological polar surface area (TPSA) is 223 Å². The number of nitrogen functional groups attached to an aromatic ring is 1. The summed E-state index contributed by atoms with van der Waals surface area (Å²) in [5, 5.41) is 30.5. The summed E-state index contributed by atoms with van der Waals surface area (Å²) in [5.41, 5.74) is 8.55. The molecular weight excluding hydrogens is 635 g/mol. The number of hydrogen-bond acceptors (Lipinski definition) is 12. The minimum Gasteiger partial charge on any atom is -0.543 e. The standard InChI is InChI=1S/C29H27N9O6S2/c1-3-44-36-21(19-13-46-29(31)34-19)25(40)35-22-26(41)38-23(28(42)43)17(12-45-27(22)38)5-4-8-37-9-6-16(7-10-37)18-11-32-20(15(18)2)24(39)33-14-30/h4-7,9-11,13,22,27H,3,8,12H2,1-2H3,(H5,31,33,34,35,39,40,42,43)/b5-4+,36-21-/t22-,27-/m1/s1. The van der Waals surface area contributed by atoms with Crippen LogP contribution < -0.4 is 26.0 Å². The number of β-lactam (4-membered cyclic amide) rings is 1. The largest absolute Gasteiger partial charge is 0.543 e. The number of carbonyl (C=O) groups excluding carboxylic acids is 4. The number of H-pyrrole nitrogens is 1. The fourth-order valence-electron chi connectivity index (χ4n) is 4.92. The molecule has 17 heteroatoms. The number of carboxylic acid groups (broad SMARTS) is 1. The van der Waals surface area contributed by atoms with E-state index in [-0.39, 0.29) is 34.6 Å². The van der Waals surface area contributed by atoms with Crippen molar-refractivity contribution in [3.63, 3.8) is 0 Å². The molecule has 0 aliphatic carbocycles. The number of carbonyl (C=O) groups is 4. The Morgan fingerprint density at radius 1 is 1.37 bits per heavy atom. The minimum absolute atomic E-state index is 0.150. The van der Waals surface area contributed by atoms with E-state index in [1.54, 1.807) is 43.8 Å². The Bertz CT molecular complexity index is 1840. The van der Waals surface area contributed by atoms with E-state index < -0.39 is 35.1 Å². The van der Waals surface area contributed by atoms with Crippen LogP contribution in [0.5, 0.6) is 0 Å². The van der Waals surface area contributed by atoms with Crippen LogP contribution in [0.15, 0.2) is 64.7 Å². The lowest BCUT2D eigenvalue weighted by atomic mass is 10.0. The molecule has 0 saturated carbocycles. The number of aromatic amines is 1. The molecule has 0 radical (unpaired) electrons. The molecule has 3 aromatic heterocycles. The first kappa shape index (κ1) is 31.9. The number of nitrogens with zero attached hydrogens (tertiary/aromatic N) is 5. The molecule has 0 bridgehead atoms. The lowest BCUT2D eigenvalue weighted by Gasteiger charge is -2.50. The van der Waals surface area contributed by atoms with Gasteiger partial charge in [0.1, 0.15) is 29.4 Å². The number of amides is 3. The molecule has 0 unspecified atom stereocenters. The maximum atomic E-state index is 13.1. The van der Waals surface area contributed by atoms with Crippen molar-refractivity contribution in [2.24, 2.45) is 5.16 Å². The Hall–Kier alpha value is -5.47. The molecule has 236 valence electrons. The SMILES string of the molecule is CCO/N=C(\C(=O)N[C@@H]1C(=O)N2C(C(=O)[O-])=C(/C=C/C[n+]3ccc(-c4c[nH]c(C(=O)NC#N)c4C)cc3)CS[C@H]12)c1csc(N)n1. The van der Waals surface area contributed by atoms with Gasteiger partial charge >= 0.3 is 0 Å². The Balaban J connectivity index is 1.25. The predicted molar refractivity (Wildman–Crippen MR) is 165 cm³/mol. The van der Waals surface area contributed by atoms with Crippen molar-refractivity contribution in [1.29, 1.82) is 5.26 Å². The van der Waals surface area contributed by atoms with Gasteiger partial charge in [0.2, 0.25) is 0 Å². The average Bonchev–Trinajstić information content (AvgIpc) is 3.65. The first-order valence-electron chi connectivity index (χ1n) is 13.8. The van der Waals surface area contributed by atoms with Gasteiger partial charge in [-0.1, -0.05) is 11.2 Å². The maximum absolute atomic E-state index is 13.1. The Labute approximate surface area is 270 Å². The van der Waals surface area contributed by atoms with Gasteiger partial charge in [-0.3, -0.25) is 24.6 Å². The van der Waals surface area contributed by atoms with Crippen LogP contribution in [0.2, 0.25) is 0 Å². The molecule has 1 saturated heterocycles. The summed E-state index contributed by atoms with van der Waals surface area (Å²) in [5.74, 6) is -3.05. The third-order valence-corrected chi connectivity index (χ3v) is 9.09. The molecule has 15 nitrogen and oxygen atoms in total. The van der Waals surface area contributed by atoms with Crippen molar-refractivity contribution >= 4 is 57.6 Å². The number of nitrogens with two attached hydrogens (primary N) is 1. The van der Waals surface area contributed by atoms with Gasteiger partial charge in [0.05, 0.1) is 11.7 Å². The smallest absolute Gasteiger partial charge is 0.280 e. The molecular formula is C29H27N9O6S2. The second-order valence-electron chi connectivity index (χ2n) is 9.91. The van der Waals surface area contributed by atoms with Gasteiger partial charge < -0.3 is 30.8 Å². The fraction of sp³-hybridized carbons (Fsp3) is 0.241. The van der Waals surface area contributed by atoms with Gasteiger partial charge in [0.15, 0.2) is 36.0 Å². The van der Waals surface area contributed by atoms with E-state index in [0.717, 1.165) is 27.4 Å². The molecule has 3 amide bonds. The summed E-state index contributed by atoms with van der Waals surface area (Å²) in [7, 11) is 0. The highest BCUT2D eigenvalue weighted by Gasteiger charge is 2.53. The van der Waals surface area contributed by atoms with Crippen molar-refractivity contribution in [2.45, 2.75) is 31.8 Å². The van der Waals surface area contributed by atoms with E-state index in [9.17, 15) is 24.3 Å². The van der Waals surface area contributed by atoms with E-state index in [0.29, 0.717) is 23.4 Å². The molecule has 0 spiro atoms. The summed E-state index contributed by atoms with van der Waals surface area (Å²) in [6.45, 7) is 4.07. The number of aliphatic carboxylic acids is 1. The highest BCUT2D eigenvalue weighted by molar-refractivity contribution is 8.00. The lowest BCUT2D eigenvalue weighted by Crippen LogP contribution is -2.71. The second-order valence-corrected chi connectivity index (χ2v) is 11.9. The zero-order valence-electron chi connectivity index (χ0n) is 24.5. The highest BCUT2D eigenvalue weighted by Crippen LogP contribution is 2.40. The van der Waals surface area contributed by atoms with Crippen molar-refractivity contribution in [1.82, 2.24) is 25.5 Å². The van der Waals surface area contributed by atoms with Gasteiger partial charge in [-0.2, -0.15) is 5.26 Å². The molecule has 0 aromatic carbocycles. The number of anilines is 1.